The number of benzene rings is 2. The molecule has 0 bridgehead atoms. The van der Waals surface area contributed by atoms with Crippen molar-refractivity contribution in [3.05, 3.63) is 59.7 Å². The van der Waals surface area contributed by atoms with Crippen molar-refractivity contribution in [1.29, 1.82) is 0 Å². The smallest absolute Gasteiger partial charge is 0.239 e. The van der Waals surface area contributed by atoms with Crippen molar-refractivity contribution in [2.24, 2.45) is 5.73 Å². The molecule has 0 fully saturated rings. The standard InChI is InChI=1S/C20H24N2O3/c1-14(10-16-8-9-18-19(12-16)25-13-24-18)22(2)20(23)17(21)11-15-6-4-3-5-7-15/h3-9,12,14,17H,10-11,13,21H2,1-2H3. The largest absolute Gasteiger partial charge is 0.454 e. The van der Waals surface area contributed by atoms with Gasteiger partial charge in [0.15, 0.2) is 11.5 Å². The number of hydrogen-bond acceptors (Lipinski definition) is 4. The molecule has 5 heteroatoms. The van der Waals surface area contributed by atoms with Crippen LogP contribution in [-0.2, 0) is 17.6 Å². The summed E-state index contributed by atoms with van der Waals surface area (Å²) in [5.41, 5.74) is 8.30. The molecule has 0 spiro atoms. The average molecular weight is 340 g/mol. The van der Waals surface area contributed by atoms with Crippen LogP contribution in [0.1, 0.15) is 18.1 Å². The van der Waals surface area contributed by atoms with E-state index in [1.165, 1.54) is 0 Å². The second kappa shape index (κ2) is 7.57. The van der Waals surface area contributed by atoms with E-state index in [4.69, 9.17) is 15.2 Å². The number of carbonyl (C=O) groups excluding carboxylic acids is 1. The van der Waals surface area contributed by atoms with Crippen LogP contribution in [0.3, 0.4) is 0 Å². The Hall–Kier alpha value is -2.53. The van der Waals surface area contributed by atoms with Gasteiger partial charge < -0.3 is 20.1 Å². The molecule has 5 nitrogen and oxygen atoms in total. The number of carbonyl (C=O) groups is 1. The summed E-state index contributed by atoms with van der Waals surface area (Å²) in [5.74, 6) is 1.49. The number of hydrogen-bond donors (Lipinski definition) is 1. The molecule has 0 aromatic heterocycles. The first-order valence-corrected chi connectivity index (χ1v) is 8.49. The maximum Gasteiger partial charge on any atom is 0.239 e. The van der Waals surface area contributed by atoms with Crippen LogP contribution in [0.2, 0.25) is 0 Å². The van der Waals surface area contributed by atoms with Crippen molar-refractivity contribution in [1.82, 2.24) is 4.90 Å². The van der Waals surface area contributed by atoms with Gasteiger partial charge in [-0.15, -0.1) is 0 Å². The molecule has 3 rings (SSSR count). The molecule has 0 saturated carbocycles. The summed E-state index contributed by atoms with van der Waals surface area (Å²) in [4.78, 5) is 14.4. The quantitative estimate of drug-likeness (QED) is 0.877. The van der Waals surface area contributed by atoms with E-state index in [1.807, 2.05) is 62.5 Å². The Morgan fingerprint density at radius 2 is 1.80 bits per heavy atom. The van der Waals surface area contributed by atoms with E-state index >= 15 is 0 Å². The van der Waals surface area contributed by atoms with Gasteiger partial charge in [0.1, 0.15) is 0 Å². The SMILES string of the molecule is CC(Cc1ccc2c(c1)OCO2)N(C)C(=O)C(N)Cc1ccccc1. The molecule has 1 amide bonds. The minimum Gasteiger partial charge on any atom is -0.454 e. The van der Waals surface area contributed by atoms with Crippen LogP contribution < -0.4 is 15.2 Å². The van der Waals surface area contributed by atoms with Gasteiger partial charge in [-0.05, 0) is 43.0 Å². The Labute approximate surface area is 148 Å². The normalized spacial score (nSPS) is 14.8. The maximum absolute atomic E-state index is 12.6. The Morgan fingerprint density at radius 3 is 2.56 bits per heavy atom. The van der Waals surface area contributed by atoms with Crippen molar-refractivity contribution >= 4 is 5.91 Å². The van der Waals surface area contributed by atoms with Gasteiger partial charge in [-0.2, -0.15) is 0 Å². The predicted molar refractivity (Wildman–Crippen MR) is 96.6 cm³/mol. The lowest BCUT2D eigenvalue weighted by molar-refractivity contribution is -0.133. The molecule has 0 saturated heterocycles. The minimum absolute atomic E-state index is 0.0368. The second-order valence-corrected chi connectivity index (χ2v) is 6.49. The molecule has 2 N–H and O–H groups in total. The number of nitrogens with two attached hydrogens (primary N) is 1. The summed E-state index contributed by atoms with van der Waals surface area (Å²) in [6.07, 6.45) is 1.28. The Balaban J connectivity index is 1.59. The summed E-state index contributed by atoms with van der Waals surface area (Å²) in [6, 6.07) is 15.2. The molecule has 2 atom stereocenters. The first-order chi connectivity index (χ1) is 12.0. The molecular formula is C20H24N2O3. The lowest BCUT2D eigenvalue weighted by atomic mass is 10.0. The van der Waals surface area contributed by atoms with Crippen LogP contribution in [0.15, 0.2) is 48.5 Å². The molecular weight excluding hydrogens is 316 g/mol. The van der Waals surface area contributed by atoms with E-state index in [0.29, 0.717) is 6.42 Å². The molecule has 2 unspecified atom stereocenters. The highest BCUT2D eigenvalue weighted by molar-refractivity contribution is 5.82. The molecule has 1 heterocycles. The fourth-order valence-corrected chi connectivity index (χ4v) is 2.98. The predicted octanol–water partition coefficient (Wildman–Crippen LogP) is 2.37. The zero-order chi connectivity index (χ0) is 17.8. The van der Waals surface area contributed by atoms with Gasteiger partial charge in [0.2, 0.25) is 12.7 Å². The van der Waals surface area contributed by atoms with Crippen molar-refractivity contribution < 1.29 is 14.3 Å². The number of nitrogens with zero attached hydrogens (tertiary/aromatic N) is 1. The monoisotopic (exact) mass is 340 g/mol. The first kappa shape index (κ1) is 17.3. The lowest BCUT2D eigenvalue weighted by Crippen LogP contribution is -2.47. The Bertz CT molecular complexity index is 733. The van der Waals surface area contributed by atoms with Gasteiger partial charge in [0, 0.05) is 13.1 Å². The highest BCUT2D eigenvalue weighted by Crippen LogP contribution is 2.32. The van der Waals surface area contributed by atoms with Crippen molar-refractivity contribution in [2.45, 2.75) is 31.8 Å². The number of amides is 1. The number of fused-ring (bicyclic) bond motifs is 1. The van der Waals surface area contributed by atoms with Gasteiger partial charge >= 0.3 is 0 Å². The molecule has 25 heavy (non-hydrogen) atoms. The third kappa shape index (κ3) is 4.12. The number of ether oxygens (including phenoxy) is 2. The van der Waals surface area contributed by atoms with Crippen LogP contribution in [0.5, 0.6) is 11.5 Å². The van der Waals surface area contributed by atoms with Crippen LogP contribution in [0, 0.1) is 0 Å². The van der Waals surface area contributed by atoms with Crippen LogP contribution in [0.25, 0.3) is 0 Å². The summed E-state index contributed by atoms with van der Waals surface area (Å²) in [5, 5.41) is 0. The van der Waals surface area contributed by atoms with E-state index in [-0.39, 0.29) is 18.7 Å². The number of likely N-dealkylation sites (N-methyl/N-ethyl adjacent to an activating group) is 1. The molecule has 132 valence electrons. The summed E-state index contributed by atoms with van der Waals surface area (Å²) in [7, 11) is 1.81. The van der Waals surface area contributed by atoms with Gasteiger partial charge in [-0.3, -0.25) is 4.79 Å². The average Bonchev–Trinajstić information content (AvgIpc) is 3.09. The fraction of sp³-hybridized carbons (Fsp3) is 0.350. The second-order valence-electron chi connectivity index (χ2n) is 6.49. The van der Waals surface area contributed by atoms with Crippen molar-refractivity contribution in [3.8, 4) is 11.5 Å². The molecule has 1 aliphatic rings. The van der Waals surface area contributed by atoms with E-state index in [9.17, 15) is 4.79 Å². The summed E-state index contributed by atoms with van der Waals surface area (Å²) >= 11 is 0. The Morgan fingerprint density at radius 1 is 1.08 bits per heavy atom. The molecule has 0 radical (unpaired) electrons. The van der Waals surface area contributed by atoms with Crippen LogP contribution >= 0.6 is 0 Å². The highest BCUT2D eigenvalue weighted by Gasteiger charge is 2.23. The number of rotatable bonds is 6. The van der Waals surface area contributed by atoms with Gasteiger partial charge in [0.25, 0.3) is 0 Å². The molecule has 1 aliphatic heterocycles. The zero-order valence-corrected chi connectivity index (χ0v) is 14.6. The topological polar surface area (TPSA) is 64.8 Å². The van der Waals surface area contributed by atoms with Crippen molar-refractivity contribution in [2.75, 3.05) is 13.8 Å². The molecule has 0 aliphatic carbocycles. The maximum atomic E-state index is 12.6. The zero-order valence-electron chi connectivity index (χ0n) is 14.6. The minimum atomic E-state index is -0.536. The van der Waals surface area contributed by atoms with Gasteiger partial charge in [-0.1, -0.05) is 36.4 Å². The fourth-order valence-electron chi connectivity index (χ4n) is 2.98. The van der Waals surface area contributed by atoms with E-state index < -0.39 is 6.04 Å². The van der Waals surface area contributed by atoms with Gasteiger partial charge in [-0.25, -0.2) is 0 Å². The first-order valence-electron chi connectivity index (χ1n) is 8.49. The van der Waals surface area contributed by atoms with Crippen molar-refractivity contribution in [3.63, 3.8) is 0 Å². The summed E-state index contributed by atoms with van der Waals surface area (Å²) in [6.45, 7) is 2.29. The lowest BCUT2D eigenvalue weighted by Gasteiger charge is -2.28. The van der Waals surface area contributed by atoms with E-state index in [0.717, 1.165) is 29.0 Å². The van der Waals surface area contributed by atoms with E-state index in [1.54, 1.807) is 4.90 Å². The van der Waals surface area contributed by atoms with E-state index in [2.05, 4.69) is 0 Å². The third-order valence-electron chi connectivity index (χ3n) is 4.59. The highest BCUT2D eigenvalue weighted by atomic mass is 16.7. The van der Waals surface area contributed by atoms with Crippen LogP contribution in [0.4, 0.5) is 0 Å². The van der Waals surface area contributed by atoms with Gasteiger partial charge in [0.05, 0.1) is 6.04 Å². The third-order valence-corrected chi connectivity index (χ3v) is 4.59. The molecule has 2 aromatic rings. The molecule has 2 aromatic carbocycles. The van der Waals surface area contributed by atoms with Crippen LogP contribution in [-0.4, -0.2) is 36.7 Å². The summed E-state index contributed by atoms with van der Waals surface area (Å²) < 4.78 is 10.7. The Kier molecular flexibility index (Phi) is 5.24.